The molecule has 0 saturated heterocycles. The Balaban J connectivity index is 2.13. The molecule has 0 aliphatic carbocycles. The van der Waals surface area contributed by atoms with E-state index in [0.29, 0.717) is 0 Å². The van der Waals surface area contributed by atoms with E-state index in [1.54, 1.807) is 11.3 Å². The molecule has 0 bridgehead atoms. The van der Waals surface area contributed by atoms with Crippen LogP contribution in [0.5, 0.6) is 0 Å². The topological polar surface area (TPSA) is 4.93 Å². The summed E-state index contributed by atoms with van der Waals surface area (Å²) in [6.45, 7) is 13.7. The molecule has 4 rings (SSSR count). The number of fused-ring (bicyclic) bond motifs is 3. The molecule has 0 atom stereocenters. The molecule has 2 aromatic heterocycles. The van der Waals surface area contributed by atoms with Crippen LogP contribution in [0.4, 0.5) is 0 Å². The first kappa shape index (κ1) is 17.4. The molecule has 2 aromatic carbocycles. The maximum Gasteiger partial charge on any atom is 0.101 e. The van der Waals surface area contributed by atoms with Crippen molar-refractivity contribution in [2.24, 2.45) is 0 Å². The van der Waals surface area contributed by atoms with Crippen LogP contribution < -0.4 is 0 Å². The molecule has 0 aliphatic rings. The van der Waals surface area contributed by atoms with E-state index in [2.05, 4.69) is 94.0 Å². The molecule has 0 unspecified atom stereocenters. The number of benzene rings is 2. The Bertz CT molecular complexity index is 1010. The van der Waals surface area contributed by atoms with E-state index in [4.69, 9.17) is 0 Å². The van der Waals surface area contributed by atoms with Crippen molar-refractivity contribution >= 4 is 33.1 Å². The van der Waals surface area contributed by atoms with Crippen molar-refractivity contribution in [1.29, 1.82) is 0 Å². The van der Waals surface area contributed by atoms with Crippen molar-refractivity contribution in [2.45, 2.75) is 52.4 Å². The van der Waals surface area contributed by atoms with Crippen LogP contribution in [0.15, 0.2) is 48.5 Å². The number of aromatic nitrogens is 1. The lowest BCUT2D eigenvalue weighted by molar-refractivity contribution is 0.590. The van der Waals surface area contributed by atoms with Gasteiger partial charge in [0.2, 0.25) is 0 Å². The van der Waals surface area contributed by atoms with Gasteiger partial charge in [0.1, 0.15) is 5.00 Å². The lowest BCUT2D eigenvalue weighted by Crippen LogP contribution is -2.10. The maximum absolute atomic E-state index is 3.24. The number of hydrogen-bond acceptors (Lipinski definition) is 1. The molecule has 0 amide bonds. The quantitative estimate of drug-likeness (QED) is 0.337. The van der Waals surface area contributed by atoms with Crippen LogP contribution >= 0.6 is 11.3 Å². The highest BCUT2D eigenvalue weighted by molar-refractivity contribution is 7.12. The van der Waals surface area contributed by atoms with Crippen molar-refractivity contribution in [3.63, 3.8) is 0 Å². The van der Waals surface area contributed by atoms with E-state index in [-0.39, 0.29) is 10.8 Å². The summed E-state index contributed by atoms with van der Waals surface area (Å²) in [6.07, 6.45) is 0. The average molecular weight is 361 g/mol. The summed E-state index contributed by atoms with van der Waals surface area (Å²) < 4.78 is 2.38. The Morgan fingerprint density at radius 1 is 0.731 bits per heavy atom. The Hall–Kier alpha value is -2.06. The van der Waals surface area contributed by atoms with E-state index < -0.39 is 0 Å². The summed E-state index contributed by atoms with van der Waals surface area (Å²) in [4.78, 5) is 0. The van der Waals surface area contributed by atoms with Crippen LogP contribution in [0, 0.1) is 5.38 Å². The lowest BCUT2D eigenvalue weighted by Gasteiger charge is -2.19. The molecule has 1 radical (unpaired) electrons. The zero-order valence-corrected chi connectivity index (χ0v) is 17.3. The van der Waals surface area contributed by atoms with E-state index in [1.165, 1.54) is 37.9 Å². The van der Waals surface area contributed by atoms with Crippen molar-refractivity contribution in [1.82, 2.24) is 4.57 Å². The first-order valence-corrected chi connectivity index (χ1v) is 10.0. The van der Waals surface area contributed by atoms with Crippen molar-refractivity contribution < 1.29 is 0 Å². The van der Waals surface area contributed by atoms with Crippen molar-refractivity contribution in [3.8, 4) is 5.00 Å². The van der Waals surface area contributed by atoms with Gasteiger partial charge in [0.05, 0.1) is 11.0 Å². The minimum absolute atomic E-state index is 0.140. The van der Waals surface area contributed by atoms with Crippen LogP contribution in [-0.2, 0) is 10.8 Å². The Morgan fingerprint density at radius 3 is 1.62 bits per heavy atom. The predicted octanol–water partition coefficient (Wildman–Crippen LogP) is 7.24. The summed E-state index contributed by atoms with van der Waals surface area (Å²) in [5, 5.41) is 7.14. The second kappa shape index (κ2) is 5.72. The van der Waals surface area contributed by atoms with Gasteiger partial charge in [-0.1, -0.05) is 53.7 Å². The fourth-order valence-electron chi connectivity index (χ4n) is 3.55. The second-order valence-corrected chi connectivity index (χ2v) is 10.0. The molecule has 2 heteroatoms. The van der Waals surface area contributed by atoms with Gasteiger partial charge in [-0.15, -0.1) is 11.3 Å². The van der Waals surface area contributed by atoms with Gasteiger partial charge in [0.15, 0.2) is 0 Å². The highest BCUT2D eigenvalue weighted by Crippen LogP contribution is 2.38. The molecule has 0 N–H and O–H groups in total. The van der Waals surface area contributed by atoms with Crippen LogP contribution in [0.25, 0.3) is 26.8 Å². The zero-order chi connectivity index (χ0) is 18.7. The Kier molecular flexibility index (Phi) is 3.82. The van der Waals surface area contributed by atoms with Gasteiger partial charge in [0, 0.05) is 16.2 Å². The third kappa shape index (κ3) is 2.77. The minimum atomic E-state index is 0.140. The fourth-order valence-corrected chi connectivity index (χ4v) is 4.23. The maximum atomic E-state index is 3.24. The molecule has 0 fully saturated rings. The van der Waals surface area contributed by atoms with Crippen LogP contribution in [0.2, 0.25) is 0 Å². The monoisotopic (exact) mass is 360 g/mol. The number of rotatable bonds is 1. The van der Waals surface area contributed by atoms with Crippen molar-refractivity contribution in [2.75, 3.05) is 0 Å². The summed E-state index contributed by atoms with van der Waals surface area (Å²) >= 11 is 1.67. The standard InChI is InChI=1S/C24H26NS/c1-23(2,3)16-9-11-20-18(14-16)19-15-17(24(4,5)6)10-12-21(19)25(20)22-8-7-13-26-22/h7-12,14-15H,1-6H3. The molecular formula is C24H26NS. The lowest BCUT2D eigenvalue weighted by atomic mass is 9.85. The van der Waals surface area contributed by atoms with Gasteiger partial charge in [-0.05, 0) is 58.4 Å². The van der Waals surface area contributed by atoms with E-state index in [0.717, 1.165) is 0 Å². The molecule has 0 spiro atoms. The van der Waals surface area contributed by atoms with Crippen LogP contribution in [0.1, 0.15) is 52.7 Å². The SMILES string of the molecule is CC(C)(C)c1ccc2c(c1)c1cc(C(C)(C)C)ccc1n2-c1cc[c]s1. The summed E-state index contributed by atoms with van der Waals surface area (Å²) in [7, 11) is 0. The molecule has 2 heterocycles. The van der Waals surface area contributed by atoms with Crippen molar-refractivity contribution in [3.05, 3.63) is 65.0 Å². The molecular weight excluding hydrogens is 334 g/mol. The first-order chi connectivity index (χ1) is 12.2. The van der Waals surface area contributed by atoms with Gasteiger partial charge in [-0.25, -0.2) is 0 Å². The highest BCUT2D eigenvalue weighted by atomic mass is 32.1. The smallest absolute Gasteiger partial charge is 0.101 e. The summed E-state index contributed by atoms with van der Waals surface area (Å²) in [5.41, 5.74) is 5.58. The number of nitrogens with zero attached hydrogens (tertiary/aromatic N) is 1. The summed E-state index contributed by atoms with van der Waals surface area (Å²) in [6, 6.07) is 18.1. The Morgan fingerprint density at radius 2 is 1.23 bits per heavy atom. The third-order valence-corrected chi connectivity index (χ3v) is 5.96. The molecule has 4 aromatic rings. The number of thiophene rings is 1. The van der Waals surface area contributed by atoms with Gasteiger partial charge in [0.25, 0.3) is 0 Å². The predicted molar refractivity (Wildman–Crippen MR) is 115 cm³/mol. The Labute approximate surface area is 160 Å². The molecule has 26 heavy (non-hydrogen) atoms. The van der Waals surface area contributed by atoms with Gasteiger partial charge >= 0.3 is 0 Å². The molecule has 0 saturated carbocycles. The second-order valence-electron chi connectivity index (χ2n) is 9.19. The van der Waals surface area contributed by atoms with E-state index in [1.807, 2.05) is 6.07 Å². The minimum Gasteiger partial charge on any atom is -0.301 e. The average Bonchev–Trinajstić information content (AvgIpc) is 3.17. The zero-order valence-electron chi connectivity index (χ0n) is 16.5. The van der Waals surface area contributed by atoms with Gasteiger partial charge in [-0.3, -0.25) is 0 Å². The summed E-state index contributed by atoms with van der Waals surface area (Å²) in [5.74, 6) is 0. The number of hydrogen-bond donors (Lipinski definition) is 0. The fraction of sp³-hybridized carbons (Fsp3) is 0.333. The van der Waals surface area contributed by atoms with Gasteiger partial charge < -0.3 is 4.57 Å². The van der Waals surface area contributed by atoms with Crippen LogP contribution in [-0.4, -0.2) is 4.57 Å². The largest absolute Gasteiger partial charge is 0.301 e. The van der Waals surface area contributed by atoms with Gasteiger partial charge in [-0.2, -0.15) is 0 Å². The third-order valence-electron chi connectivity index (χ3n) is 5.17. The molecule has 133 valence electrons. The van der Waals surface area contributed by atoms with Crippen LogP contribution in [0.3, 0.4) is 0 Å². The molecule has 0 aliphatic heterocycles. The highest BCUT2D eigenvalue weighted by Gasteiger charge is 2.20. The first-order valence-electron chi connectivity index (χ1n) is 9.22. The normalized spacial score (nSPS) is 13.0. The molecule has 1 nitrogen and oxygen atoms in total. The van der Waals surface area contributed by atoms with E-state index in [9.17, 15) is 0 Å². The van der Waals surface area contributed by atoms with E-state index >= 15 is 0 Å².